The molecule has 31 heavy (non-hydrogen) atoms. The van der Waals surface area contributed by atoms with Crippen molar-refractivity contribution in [2.75, 3.05) is 18.4 Å². The fraction of sp³-hybridized carbons (Fsp3) is 0.304. The summed E-state index contributed by atoms with van der Waals surface area (Å²) in [5.41, 5.74) is 2.60. The van der Waals surface area contributed by atoms with Gasteiger partial charge in [-0.15, -0.1) is 13.2 Å². The molecule has 5 nitrogen and oxygen atoms in total. The Morgan fingerprint density at radius 1 is 1.10 bits per heavy atom. The van der Waals surface area contributed by atoms with E-state index in [0.29, 0.717) is 24.7 Å². The van der Waals surface area contributed by atoms with Crippen molar-refractivity contribution in [2.45, 2.75) is 25.6 Å². The van der Waals surface area contributed by atoms with Crippen molar-refractivity contribution >= 4 is 22.6 Å². The summed E-state index contributed by atoms with van der Waals surface area (Å²) < 4.78 is 40.5. The summed E-state index contributed by atoms with van der Waals surface area (Å²) in [7, 11) is 0. The first-order valence-corrected chi connectivity index (χ1v) is 10.1. The highest BCUT2D eigenvalue weighted by Crippen LogP contribution is 2.26. The molecule has 0 radical (unpaired) electrons. The summed E-state index contributed by atoms with van der Waals surface area (Å²) in [5, 5.41) is 3.85. The Hall–Kier alpha value is -3.29. The minimum Gasteiger partial charge on any atom is -0.406 e. The van der Waals surface area contributed by atoms with Gasteiger partial charge in [0.05, 0.1) is 5.52 Å². The number of amides is 2. The number of aromatic nitrogens is 1. The van der Waals surface area contributed by atoms with Gasteiger partial charge < -0.3 is 15.0 Å². The number of nitrogens with one attached hydrogen (secondary N) is 1. The van der Waals surface area contributed by atoms with Gasteiger partial charge in [-0.05, 0) is 67.1 Å². The third-order valence-corrected chi connectivity index (χ3v) is 5.41. The Morgan fingerprint density at radius 3 is 2.52 bits per heavy atom. The maximum absolute atomic E-state index is 12.5. The molecule has 1 aliphatic rings. The number of piperidine rings is 1. The molecule has 0 saturated carbocycles. The molecule has 1 aromatic heterocycles. The Bertz CT molecular complexity index is 1050. The summed E-state index contributed by atoms with van der Waals surface area (Å²) in [6.45, 7) is 1.26. The smallest absolute Gasteiger partial charge is 0.406 e. The zero-order chi connectivity index (χ0) is 21.8. The fourth-order valence-corrected chi connectivity index (χ4v) is 3.84. The molecule has 1 fully saturated rings. The van der Waals surface area contributed by atoms with Crippen LogP contribution in [0.3, 0.4) is 0 Å². The first-order chi connectivity index (χ1) is 14.9. The van der Waals surface area contributed by atoms with Crippen molar-refractivity contribution in [2.24, 2.45) is 5.92 Å². The number of benzene rings is 2. The second kappa shape index (κ2) is 8.83. The van der Waals surface area contributed by atoms with Crippen LogP contribution in [0.5, 0.6) is 5.75 Å². The molecule has 0 bridgehead atoms. The molecule has 2 heterocycles. The van der Waals surface area contributed by atoms with E-state index in [0.717, 1.165) is 30.2 Å². The lowest BCUT2D eigenvalue weighted by Crippen LogP contribution is -2.41. The van der Waals surface area contributed by atoms with Crippen LogP contribution in [0.25, 0.3) is 10.9 Å². The van der Waals surface area contributed by atoms with Crippen LogP contribution in [0.2, 0.25) is 0 Å². The van der Waals surface area contributed by atoms with E-state index in [1.807, 2.05) is 24.4 Å². The van der Waals surface area contributed by atoms with Crippen LogP contribution >= 0.6 is 0 Å². The lowest BCUT2D eigenvalue weighted by atomic mass is 9.90. The van der Waals surface area contributed by atoms with E-state index in [1.165, 1.54) is 29.8 Å². The molecule has 0 spiro atoms. The van der Waals surface area contributed by atoms with Gasteiger partial charge in [-0.25, -0.2) is 4.79 Å². The Morgan fingerprint density at radius 2 is 1.81 bits per heavy atom. The zero-order valence-electron chi connectivity index (χ0n) is 16.7. The molecule has 2 amide bonds. The molecular formula is C23H22F3N3O2. The largest absolute Gasteiger partial charge is 0.573 e. The third kappa shape index (κ3) is 5.65. The molecule has 1 saturated heterocycles. The Balaban J connectivity index is 1.27. The van der Waals surface area contributed by atoms with E-state index >= 15 is 0 Å². The fourth-order valence-electron chi connectivity index (χ4n) is 3.84. The van der Waals surface area contributed by atoms with Crippen molar-refractivity contribution in [3.63, 3.8) is 0 Å². The topological polar surface area (TPSA) is 54.5 Å². The van der Waals surface area contributed by atoms with Crippen molar-refractivity contribution in [1.29, 1.82) is 0 Å². The van der Waals surface area contributed by atoms with Crippen molar-refractivity contribution in [3.8, 4) is 5.75 Å². The average Bonchev–Trinajstić information content (AvgIpc) is 2.74. The molecule has 162 valence electrons. The van der Waals surface area contributed by atoms with Crippen molar-refractivity contribution < 1.29 is 22.7 Å². The van der Waals surface area contributed by atoms with E-state index in [-0.39, 0.29) is 11.8 Å². The quantitative estimate of drug-likeness (QED) is 0.586. The molecule has 4 rings (SSSR count). The van der Waals surface area contributed by atoms with Gasteiger partial charge in [0.2, 0.25) is 0 Å². The number of fused-ring (bicyclic) bond motifs is 1. The maximum Gasteiger partial charge on any atom is 0.573 e. The number of rotatable bonds is 4. The zero-order valence-corrected chi connectivity index (χ0v) is 16.7. The number of carbonyl (C=O) groups is 1. The second-order valence-corrected chi connectivity index (χ2v) is 7.67. The minimum absolute atomic E-state index is 0.254. The number of pyridine rings is 1. The Kier molecular flexibility index (Phi) is 5.97. The van der Waals surface area contributed by atoms with Crippen LogP contribution in [0.1, 0.15) is 18.4 Å². The number of hydrogen-bond donors (Lipinski definition) is 1. The molecule has 0 aliphatic carbocycles. The van der Waals surface area contributed by atoms with E-state index in [1.54, 1.807) is 4.90 Å². The highest BCUT2D eigenvalue weighted by molar-refractivity contribution is 5.89. The van der Waals surface area contributed by atoms with Gasteiger partial charge >= 0.3 is 12.4 Å². The molecule has 0 unspecified atom stereocenters. The Labute approximate surface area is 177 Å². The number of para-hydroxylation sites is 1. The van der Waals surface area contributed by atoms with Crippen LogP contribution in [0.15, 0.2) is 60.8 Å². The number of alkyl halides is 3. The lowest BCUT2D eigenvalue weighted by molar-refractivity contribution is -0.274. The summed E-state index contributed by atoms with van der Waals surface area (Å²) >= 11 is 0. The molecule has 8 heteroatoms. The monoisotopic (exact) mass is 429 g/mol. The lowest BCUT2D eigenvalue weighted by Gasteiger charge is -2.32. The maximum atomic E-state index is 12.5. The van der Waals surface area contributed by atoms with E-state index in [2.05, 4.69) is 27.2 Å². The molecule has 1 aliphatic heterocycles. The summed E-state index contributed by atoms with van der Waals surface area (Å²) in [5.74, 6) is 0.153. The number of carbonyl (C=O) groups excluding carboxylic acids is 1. The van der Waals surface area contributed by atoms with E-state index < -0.39 is 6.36 Å². The number of nitrogens with zero attached hydrogens (tertiary/aromatic N) is 2. The predicted octanol–water partition coefficient (Wildman–Crippen LogP) is 5.62. The van der Waals surface area contributed by atoms with Gasteiger partial charge in [0.25, 0.3) is 0 Å². The number of anilines is 1. The first-order valence-electron chi connectivity index (χ1n) is 10.1. The van der Waals surface area contributed by atoms with Crippen LogP contribution in [-0.4, -0.2) is 35.4 Å². The van der Waals surface area contributed by atoms with Gasteiger partial charge in [0.15, 0.2) is 0 Å². The van der Waals surface area contributed by atoms with E-state index in [9.17, 15) is 18.0 Å². The van der Waals surface area contributed by atoms with Gasteiger partial charge in [0, 0.05) is 30.4 Å². The predicted molar refractivity (Wildman–Crippen MR) is 112 cm³/mol. The number of ether oxygens (including phenoxy) is 1. The SMILES string of the molecule is O=C(Nc1ccc(OC(F)(F)F)cc1)N1CCC(Cc2cnc3ccccc3c2)CC1. The van der Waals surface area contributed by atoms with Gasteiger partial charge in [0.1, 0.15) is 5.75 Å². The molecular weight excluding hydrogens is 407 g/mol. The van der Waals surface area contributed by atoms with Gasteiger partial charge in [-0.3, -0.25) is 4.98 Å². The van der Waals surface area contributed by atoms with Gasteiger partial charge in [-0.1, -0.05) is 18.2 Å². The van der Waals surface area contributed by atoms with Crippen LogP contribution in [-0.2, 0) is 6.42 Å². The highest BCUT2D eigenvalue weighted by atomic mass is 19.4. The minimum atomic E-state index is -4.74. The highest BCUT2D eigenvalue weighted by Gasteiger charge is 2.31. The molecule has 2 aromatic carbocycles. The average molecular weight is 429 g/mol. The number of halogens is 3. The molecule has 3 aromatic rings. The van der Waals surface area contributed by atoms with Crippen molar-refractivity contribution in [3.05, 3.63) is 66.4 Å². The van der Waals surface area contributed by atoms with E-state index in [4.69, 9.17) is 0 Å². The molecule has 1 N–H and O–H groups in total. The number of likely N-dealkylation sites (tertiary alicyclic amines) is 1. The summed E-state index contributed by atoms with van der Waals surface area (Å²) in [6.07, 6.45) is -0.114. The van der Waals surface area contributed by atoms with Crippen LogP contribution < -0.4 is 10.1 Å². The van der Waals surface area contributed by atoms with Gasteiger partial charge in [-0.2, -0.15) is 0 Å². The number of hydrogen-bond acceptors (Lipinski definition) is 3. The summed E-state index contributed by atoms with van der Waals surface area (Å²) in [6, 6.07) is 15.1. The standard InChI is InChI=1S/C23H22F3N3O2/c24-23(25,26)31-20-7-5-19(6-8-20)28-22(30)29-11-9-16(10-12-29)13-17-14-18-3-1-2-4-21(18)27-15-17/h1-8,14-16H,9-13H2,(H,28,30). The third-order valence-electron chi connectivity index (χ3n) is 5.41. The second-order valence-electron chi connectivity index (χ2n) is 7.67. The van der Waals surface area contributed by atoms with Crippen molar-refractivity contribution in [1.82, 2.24) is 9.88 Å². The van der Waals surface area contributed by atoms with Crippen LogP contribution in [0, 0.1) is 5.92 Å². The number of urea groups is 1. The summed E-state index contributed by atoms with van der Waals surface area (Å²) in [4.78, 5) is 18.7. The molecule has 0 atom stereocenters. The van der Waals surface area contributed by atoms with Crippen LogP contribution in [0.4, 0.5) is 23.7 Å². The normalized spacial score (nSPS) is 15.1. The first kappa shape index (κ1) is 21.0.